The van der Waals surface area contributed by atoms with Crippen LogP contribution in [0.2, 0.25) is 0 Å². The first-order chi connectivity index (χ1) is 5.28. The Labute approximate surface area is 69.4 Å². The van der Waals surface area contributed by atoms with Crippen molar-refractivity contribution in [3.63, 3.8) is 0 Å². The molecule has 3 aliphatic rings. The van der Waals surface area contributed by atoms with E-state index in [0.29, 0.717) is 0 Å². The van der Waals surface area contributed by atoms with Gasteiger partial charge in [0.2, 0.25) is 0 Å². The average molecular weight is 150 g/mol. The maximum Gasteiger partial charge on any atom is -0.0266 e. The summed E-state index contributed by atoms with van der Waals surface area (Å²) in [7, 11) is 0. The van der Waals surface area contributed by atoms with Crippen LogP contribution in [0.25, 0.3) is 0 Å². The number of rotatable bonds is 0. The Morgan fingerprint density at radius 2 is 1.91 bits per heavy atom. The Balaban J connectivity index is 2.00. The summed E-state index contributed by atoms with van der Waals surface area (Å²) in [5.74, 6) is 3.37. The van der Waals surface area contributed by atoms with E-state index in [2.05, 4.69) is 6.92 Å². The molecule has 0 radical (unpaired) electrons. The molecule has 3 fully saturated rings. The zero-order valence-corrected chi connectivity index (χ0v) is 7.47. The van der Waals surface area contributed by atoms with E-state index >= 15 is 0 Å². The van der Waals surface area contributed by atoms with Crippen LogP contribution >= 0.6 is 0 Å². The van der Waals surface area contributed by atoms with E-state index in [4.69, 9.17) is 0 Å². The van der Waals surface area contributed by atoms with Crippen LogP contribution in [0.3, 0.4) is 0 Å². The summed E-state index contributed by atoms with van der Waals surface area (Å²) in [6.07, 6.45) is 9.51. The minimum absolute atomic E-state index is 0.869. The molecule has 11 heavy (non-hydrogen) atoms. The molecule has 0 aromatic carbocycles. The molecule has 3 saturated carbocycles. The van der Waals surface area contributed by atoms with Crippen molar-refractivity contribution in [2.45, 2.75) is 45.4 Å². The lowest BCUT2D eigenvalue weighted by atomic mass is 9.74. The summed E-state index contributed by atoms with van der Waals surface area (Å²) in [5, 5.41) is 0. The summed E-state index contributed by atoms with van der Waals surface area (Å²) >= 11 is 0. The smallest absolute Gasteiger partial charge is 0.0266 e. The molecule has 0 aromatic heterocycles. The van der Waals surface area contributed by atoms with Crippen molar-refractivity contribution in [2.24, 2.45) is 23.2 Å². The van der Waals surface area contributed by atoms with Crippen LogP contribution < -0.4 is 0 Å². The fourth-order valence-corrected chi connectivity index (χ4v) is 4.37. The van der Waals surface area contributed by atoms with Gasteiger partial charge in [-0.05, 0) is 61.7 Å². The van der Waals surface area contributed by atoms with E-state index in [9.17, 15) is 0 Å². The second-order valence-corrected chi connectivity index (χ2v) is 5.41. The first-order valence-electron chi connectivity index (χ1n) is 5.28. The van der Waals surface area contributed by atoms with Crippen LogP contribution in [-0.4, -0.2) is 0 Å². The number of fused-ring (bicyclic) bond motifs is 2. The Hall–Kier alpha value is 0. The van der Waals surface area contributed by atoms with Gasteiger partial charge in [-0.3, -0.25) is 0 Å². The van der Waals surface area contributed by atoms with Crippen molar-refractivity contribution in [1.82, 2.24) is 0 Å². The van der Waals surface area contributed by atoms with Crippen molar-refractivity contribution < 1.29 is 0 Å². The lowest BCUT2D eigenvalue weighted by molar-refractivity contribution is 0.187. The van der Waals surface area contributed by atoms with Crippen LogP contribution in [0, 0.1) is 23.2 Å². The van der Waals surface area contributed by atoms with Crippen LogP contribution in [0.15, 0.2) is 0 Å². The van der Waals surface area contributed by atoms with E-state index in [1.165, 1.54) is 0 Å². The summed E-state index contributed by atoms with van der Waals surface area (Å²) in [4.78, 5) is 0. The van der Waals surface area contributed by atoms with Crippen LogP contribution in [0.1, 0.15) is 45.4 Å². The molecule has 3 rings (SSSR count). The highest BCUT2D eigenvalue weighted by molar-refractivity contribution is 5.03. The van der Waals surface area contributed by atoms with Crippen molar-refractivity contribution in [1.29, 1.82) is 0 Å². The van der Waals surface area contributed by atoms with E-state index in [0.717, 1.165) is 23.2 Å². The molecule has 4 atom stereocenters. The predicted molar refractivity (Wildman–Crippen MR) is 46.3 cm³/mol. The molecular weight excluding hydrogens is 132 g/mol. The molecule has 0 N–H and O–H groups in total. The van der Waals surface area contributed by atoms with E-state index < -0.39 is 0 Å². The van der Waals surface area contributed by atoms with Gasteiger partial charge in [-0.2, -0.15) is 0 Å². The van der Waals surface area contributed by atoms with Crippen LogP contribution in [0.4, 0.5) is 0 Å². The molecule has 0 nitrogen and oxygen atoms in total. The van der Waals surface area contributed by atoms with Gasteiger partial charge in [0, 0.05) is 0 Å². The Morgan fingerprint density at radius 3 is 2.82 bits per heavy atom. The lowest BCUT2D eigenvalue weighted by Crippen LogP contribution is -2.22. The third kappa shape index (κ3) is 0.711. The van der Waals surface area contributed by atoms with Gasteiger partial charge in [-0.25, -0.2) is 0 Å². The molecule has 0 heterocycles. The summed E-state index contributed by atoms with van der Waals surface area (Å²) in [5.41, 5.74) is 0.869. The molecule has 0 aromatic rings. The normalized spacial score (nSPS) is 60.3. The van der Waals surface area contributed by atoms with Crippen molar-refractivity contribution in [2.75, 3.05) is 0 Å². The largest absolute Gasteiger partial charge is 0.0620 e. The Morgan fingerprint density at radius 1 is 1.09 bits per heavy atom. The summed E-state index contributed by atoms with van der Waals surface area (Å²) in [6.45, 7) is 2.51. The van der Waals surface area contributed by atoms with Crippen molar-refractivity contribution >= 4 is 0 Å². The lowest BCUT2D eigenvalue weighted by Gasteiger charge is -2.31. The molecule has 0 aliphatic heterocycles. The van der Waals surface area contributed by atoms with Gasteiger partial charge in [0.1, 0.15) is 0 Å². The standard InChI is InChI=1S/C11H18/c1-8-4-10-5-9-2-3-11(8,6-9)7-10/h8-10H,2-7H2,1H3/t8?,9-,10-,11?/m1/s1. The molecule has 1 spiro atoms. The second-order valence-electron chi connectivity index (χ2n) is 5.41. The van der Waals surface area contributed by atoms with Crippen molar-refractivity contribution in [3.8, 4) is 0 Å². The summed E-state index contributed by atoms with van der Waals surface area (Å²) < 4.78 is 0. The minimum Gasteiger partial charge on any atom is -0.0620 e. The quantitative estimate of drug-likeness (QED) is 0.497. The maximum absolute atomic E-state index is 2.51. The highest BCUT2D eigenvalue weighted by Crippen LogP contribution is 2.64. The van der Waals surface area contributed by atoms with Gasteiger partial charge in [0.15, 0.2) is 0 Å². The first kappa shape index (κ1) is 6.51. The number of hydrogen-bond donors (Lipinski definition) is 0. The topological polar surface area (TPSA) is 0 Å². The molecule has 2 unspecified atom stereocenters. The van der Waals surface area contributed by atoms with E-state index in [-0.39, 0.29) is 0 Å². The zero-order chi connectivity index (χ0) is 7.47. The highest BCUT2D eigenvalue weighted by Gasteiger charge is 2.53. The van der Waals surface area contributed by atoms with Crippen LogP contribution in [0.5, 0.6) is 0 Å². The molecule has 0 saturated heterocycles. The zero-order valence-electron chi connectivity index (χ0n) is 7.47. The van der Waals surface area contributed by atoms with Gasteiger partial charge >= 0.3 is 0 Å². The average Bonchev–Trinajstić information content (AvgIpc) is 2.38. The second kappa shape index (κ2) is 1.84. The Kier molecular flexibility index (Phi) is 1.09. The summed E-state index contributed by atoms with van der Waals surface area (Å²) in [6, 6.07) is 0. The molecule has 3 bridgehead atoms. The third-order valence-corrected chi connectivity index (χ3v) is 4.84. The fraction of sp³-hybridized carbons (Fsp3) is 1.00. The first-order valence-corrected chi connectivity index (χ1v) is 5.28. The molecule has 0 heteroatoms. The highest BCUT2D eigenvalue weighted by atomic mass is 14.6. The van der Waals surface area contributed by atoms with Gasteiger partial charge < -0.3 is 0 Å². The van der Waals surface area contributed by atoms with E-state index in [1.807, 2.05) is 0 Å². The SMILES string of the molecule is CC1C[C@@H]2C[C@H]3CCC1(C3)C2. The van der Waals surface area contributed by atoms with Crippen LogP contribution in [-0.2, 0) is 0 Å². The maximum atomic E-state index is 2.51. The fourth-order valence-electron chi connectivity index (χ4n) is 4.37. The van der Waals surface area contributed by atoms with Gasteiger partial charge in [0.05, 0.1) is 0 Å². The molecule has 0 amide bonds. The monoisotopic (exact) mass is 150 g/mol. The molecular formula is C11H18. The van der Waals surface area contributed by atoms with Gasteiger partial charge in [-0.15, -0.1) is 0 Å². The molecule has 62 valence electrons. The third-order valence-electron chi connectivity index (χ3n) is 4.84. The minimum atomic E-state index is 0.869. The van der Waals surface area contributed by atoms with Gasteiger partial charge in [-0.1, -0.05) is 6.92 Å². The van der Waals surface area contributed by atoms with Crippen molar-refractivity contribution in [3.05, 3.63) is 0 Å². The molecule has 3 aliphatic carbocycles. The predicted octanol–water partition coefficient (Wildman–Crippen LogP) is 3.22. The van der Waals surface area contributed by atoms with E-state index in [1.54, 1.807) is 38.5 Å². The van der Waals surface area contributed by atoms with Gasteiger partial charge in [0.25, 0.3) is 0 Å². The number of hydrogen-bond acceptors (Lipinski definition) is 0. The Bertz CT molecular complexity index is 178.